The summed E-state index contributed by atoms with van der Waals surface area (Å²) in [5, 5.41) is 0. The summed E-state index contributed by atoms with van der Waals surface area (Å²) in [7, 11) is 3.44. The summed E-state index contributed by atoms with van der Waals surface area (Å²) in [6, 6.07) is 6.21. The molecule has 0 aliphatic carbocycles. The van der Waals surface area contributed by atoms with Gasteiger partial charge in [0, 0.05) is 31.7 Å². The van der Waals surface area contributed by atoms with Crippen molar-refractivity contribution in [2.24, 2.45) is 10.8 Å². The van der Waals surface area contributed by atoms with Gasteiger partial charge in [0.15, 0.2) is 11.5 Å². The number of hydrogen-bond acceptors (Lipinski definition) is 4. The van der Waals surface area contributed by atoms with E-state index in [1.807, 2.05) is 6.07 Å². The molecule has 0 amide bonds. The number of hydrogen-bond donors (Lipinski definition) is 0. The Kier molecular flexibility index (Phi) is 5.83. The molecule has 0 bridgehead atoms. The second-order valence-corrected chi connectivity index (χ2v) is 9.49. The zero-order valence-corrected chi connectivity index (χ0v) is 17.3. The Morgan fingerprint density at radius 3 is 2.46 bits per heavy atom. The van der Waals surface area contributed by atoms with Gasteiger partial charge in [-0.05, 0) is 49.2 Å². The first-order chi connectivity index (χ1) is 12.3. The smallest absolute Gasteiger partial charge is 0.165 e. The van der Waals surface area contributed by atoms with Crippen LogP contribution in [-0.4, -0.2) is 56.7 Å². The summed E-state index contributed by atoms with van der Waals surface area (Å²) in [5.74, 6) is 1.71. The Morgan fingerprint density at radius 2 is 1.77 bits per heavy atom. The molecule has 0 radical (unpaired) electrons. The fraction of sp³-hybridized carbons (Fsp3) is 0.727. The second kappa shape index (κ2) is 7.77. The summed E-state index contributed by atoms with van der Waals surface area (Å²) < 4.78 is 11.1. The van der Waals surface area contributed by atoms with E-state index in [-0.39, 0.29) is 0 Å². The molecule has 2 heterocycles. The van der Waals surface area contributed by atoms with Crippen molar-refractivity contribution in [3.05, 3.63) is 23.8 Å². The number of para-hydroxylation sites is 1. The van der Waals surface area contributed by atoms with Gasteiger partial charge >= 0.3 is 0 Å². The zero-order chi connectivity index (χ0) is 18.8. The molecule has 1 spiro atoms. The summed E-state index contributed by atoms with van der Waals surface area (Å²) in [4.78, 5) is 5.32. The molecule has 1 atom stereocenters. The predicted octanol–water partition coefficient (Wildman–Crippen LogP) is 4.04. The van der Waals surface area contributed by atoms with Crippen molar-refractivity contribution in [1.82, 2.24) is 9.80 Å². The summed E-state index contributed by atoms with van der Waals surface area (Å²) in [6.07, 6.45) is 4.02. The van der Waals surface area contributed by atoms with Crippen molar-refractivity contribution in [2.45, 2.75) is 46.6 Å². The molecule has 2 fully saturated rings. The van der Waals surface area contributed by atoms with E-state index < -0.39 is 0 Å². The first-order valence-electron chi connectivity index (χ1n) is 9.99. The number of likely N-dealkylation sites (tertiary alicyclic amines) is 2. The van der Waals surface area contributed by atoms with E-state index >= 15 is 0 Å². The fourth-order valence-corrected chi connectivity index (χ4v) is 4.93. The molecule has 146 valence electrons. The van der Waals surface area contributed by atoms with Crippen LogP contribution in [0.2, 0.25) is 0 Å². The van der Waals surface area contributed by atoms with Gasteiger partial charge < -0.3 is 14.4 Å². The fourth-order valence-electron chi connectivity index (χ4n) is 4.93. The first kappa shape index (κ1) is 19.5. The van der Waals surface area contributed by atoms with Gasteiger partial charge in [-0.25, -0.2) is 0 Å². The molecule has 2 aliphatic heterocycles. The highest BCUT2D eigenvalue weighted by Gasteiger charge is 2.41. The minimum Gasteiger partial charge on any atom is -0.493 e. The van der Waals surface area contributed by atoms with Crippen LogP contribution >= 0.6 is 0 Å². The molecule has 4 heteroatoms. The van der Waals surface area contributed by atoms with Crippen LogP contribution in [0.4, 0.5) is 0 Å². The minimum atomic E-state index is 0.383. The standard InChI is InChI=1S/C22H36N2O2/c1-21(2,3)15-24-13-11-22(17-24)10-7-12-23(16-22)14-18-8-6-9-19(25-4)20(18)26-5/h6,8-9H,7,10-17H2,1-5H3. The molecule has 1 unspecified atom stereocenters. The lowest BCUT2D eigenvalue weighted by molar-refractivity contribution is 0.0823. The van der Waals surface area contributed by atoms with Crippen LogP contribution in [0.15, 0.2) is 18.2 Å². The van der Waals surface area contributed by atoms with Crippen molar-refractivity contribution >= 4 is 0 Å². The Hall–Kier alpha value is -1.26. The van der Waals surface area contributed by atoms with Crippen molar-refractivity contribution < 1.29 is 9.47 Å². The van der Waals surface area contributed by atoms with Crippen molar-refractivity contribution in [2.75, 3.05) is 46.9 Å². The van der Waals surface area contributed by atoms with Crippen LogP contribution < -0.4 is 9.47 Å². The van der Waals surface area contributed by atoms with E-state index in [1.165, 1.54) is 57.5 Å². The maximum absolute atomic E-state index is 5.64. The van der Waals surface area contributed by atoms with Gasteiger partial charge in [-0.3, -0.25) is 4.90 Å². The van der Waals surface area contributed by atoms with Crippen LogP contribution in [-0.2, 0) is 6.54 Å². The van der Waals surface area contributed by atoms with Gasteiger partial charge in [0.2, 0.25) is 0 Å². The van der Waals surface area contributed by atoms with Crippen LogP contribution in [0.1, 0.15) is 45.6 Å². The Morgan fingerprint density at radius 1 is 1.00 bits per heavy atom. The molecule has 2 aliphatic rings. The molecule has 2 saturated heterocycles. The SMILES string of the molecule is COc1cccc(CN2CCCC3(CCN(CC(C)(C)C)C3)C2)c1OC. The van der Waals surface area contributed by atoms with E-state index in [4.69, 9.17) is 9.47 Å². The maximum Gasteiger partial charge on any atom is 0.165 e. The maximum atomic E-state index is 5.64. The number of benzene rings is 1. The molecule has 0 N–H and O–H groups in total. The van der Waals surface area contributed by atoms with E-state index in [0.717, 1.165) is 18.0 Å². The summed E-state index contributed by atoms with van der Waals surface area (Å²) in [5.41, 5.74) is 2.09. The van der Waals surface area contributed by atoms with Crippen LogP contribution in [0.3, 0.4) is 0 Å². The van der Waals surface area contributed by atoms with Crippen LogP contribution in [0, 0.1) is 10.8 Å². The largest absolute Gasteiger partial charge is 0.493 e. The lowest BCUT2D eigenvalue weighted by Gasteiger charge is -2.41. The molecular formula is C22H36N2O2. The number of methoxy groups -OCH3 is 2. The number of rotatable bonds is 5. The van der Waals surface area contributed by atoms with Gasteiger partial charge in [0.1, 0.15) is 0 Å². The third kappa shape index (κ3) is 4.52. The third-order valence-electron chi connectivity index (χ3n) is 5.83. The van der Waals surface area contributed by atoms with Crippen molar-refractivity contribution in [3.8, 4) is 11.5 Å². The summed E-state index contributed by atoms with van der Waals surface area (Å²) >= 11 is 0. The quantitative estimate of drug-likeness (QED) is 0.791. The third-order valence-corrected chi connectivity index (χ3v) is 5.83. The van der Waals surface area contributed by atoms with Crippen LogP contribution in [0.25, 0.3) is 0 Å². The first-order valence-corrected chi connectivity index (χ1v) is 9.99. The average Bonchev–Trinajstić information content (AvgIpc) is 2.94. The molecule has 1 aromatic carbocycles. The summed E-state index contributed by atoms with van der Waals surface area (Å²) in [6.45, 7) is 14.1. The molecule has 0 saturated carbocycles. The lowest BCUT2D eigenvalue weighted by atomic mass is 9.79. The molecule has 26 heavy (non-hydrogen) atoms. The Labute approximate surface area is 159 Å². The van der Waals surface area contributed by atoms with Crippen molar-refractivity contribution in [1.29, 1.82) is 0 Å². The van der Waals surface area contributed by atoms with E-state index in [2.05, 4.69) is 42.7 Å². The van der Waals surface area contributed by atoms with Gasteiger partial charge in [-0.2, -0.15) is 0 Å². The Bertz CT molecular complexity index is 611. The topological polar surface area (TPSA) is 24.9 Å². The monoisotopic (exact) mass is 360 g/mol. The number of piperidine rings is 1. The van der Waals surface area contributed by atoms with Crippen molar-refractivity contribution in [3.63, 3.8) is 0 Å². The lowest BCUT2D eigenvalue weighted by Crippen LogP contribution is -2.45. The molecule has 1 aromatic rings. The van der Waals surface area contributed by atoms with Gasteiger partial charge in [0.05, 0.1) is 14.2 Å². The minimum absolute atomic E-state index is 0.383. The number of nitrogens with zero attached hydrogens (tertiary/aromatic N) is 2. The highest BCUT2D eigenvalue weighted by Crippen LogP contribution is 2.41. The molecule has 4 nitrogen and oxygen atoms in total. The normalized spacial score (nSPS) is 25.0. The molecular weight excluding hydrogens is 324 g/mol. The Balaban J connectivity index is 1.67. The molecule has 3 rings (SSSR count). The van der Waals surface area contributed by atoms with Crippen LogP contribution in [0.5, 0.6) is 11.5 Å². The average molecular weight is 361 g/mol. The zero-order valence-electron chi connectivity index (χ0n) is 17.3. The van der Waals surface area contributed by atoms with E-state index in [1.54, 1.807) is 14.2 Å². The molecule has 0 aromatic heterocycles. The van der Waals surface area contributed by atoms with E-state index in [9.17, 15) is 0 Å². The van der Waals surface area contributed by atoms with E-state index in [0.29, 0.717) is 10.8 Å². The van der Waals surface area contributed by atoms with Gasteiger partial charge in [0.25, 0.3) is 0 Å². The highest BCUT2D eigenvalue weighted by molar-refractivity contribution is 5.46. The van der Waals surface area contributed by atoms with Gasteiger partial charge in [-0.15, -0.1) is 0 Å². The highest BCUT2D eigenvalue weighted by atomic mass is 16.5. The number of ether oxygens (including phenoxy) is 2. The van der Waals surface area contributed by atoms with Gasteiger partial charge in [-0.1, -0.05) is 32.9 Å². The predicted molar refractivity (Wildman–Crippen MR) is 107 cm³/mol. The second-order valence-electron chi connectivity index (χ2n) is 9.49.